The molecule has 0 unspecified atom stereocenters. The van der Waals surface area contributed by atoms with Gasteiger partial charge in [0.2, 0.25) is 5.91 Å². The number of rotatable bonds is 7. The molecule has 0 aliphatic heterocycles. The molecule has 96 valence electrons. The van der Waals surface area contributed by atoms with Crippen LogP contribution in [0.4, 0.5) is 5.69 Å². The Hall–Kier alpha value is -1.67. The number of anilines is 1. The van der Waals surface area contributed by atoms with E-state index < -0.39 is 0 Å². The van der Waals surface area contributed by atoms with Crippen molar-refractivity contribution in [1.29, 1.82) is 5.26 Å². The minimum atomic E-state index is -0.299. The van der Waals surface area contributed by atoms with Gasteiger partial charge in [0.05, 0.1) is 11.3 Å². The van der Waals surface area contributed by atoms with Crippen LogP contribution in [0.25, 0.3) is 0 Å². The molecule has 0 fully saturated rings. The minimum absolute atomic E-state index is 0.299. The number of hydrogen-bond acceptors (Lipinski definition) is 4. The van der Waals surface area contributed by atoms with Crippen molar-refractivity contribution in [2.75, 3.05) is 17.6 Å². The number of hydrogen-bond donors (Lipinski definition) is 2. The summed E-state index contributed by atoms with van der Waals surface area (Å²) >= 11 is 1.65. The van der Waals surface area contributed by atoms with E-state index in [1.807, 2.05) is 18.2 Å². The van der Waals surface area contributed by atoms with E-state index in [2.05, 4.69) is 18.3 Å². The third-order valence-corrected chi connectivity index (χ3v) is 3.29. The molecule has 0 heterocycles. The molecule has 0 aromatic heterocycles. The van der Waals surface area contributed by atoms with Gasteiger partial charge in [-0.3, -0.25) is 4.79 Å². The molecule has 0 aliphatic carbocycles. The molecule has 0 aliphatic rings. The van der Waals surface area contributed by atoms with Crippen molar-refractivity contribution in [3.8, 4) is 6.07 Å². The second-order valence-electron chi connectivity index (χ2n) is 3.72. The molecule has 1 aromatic carbocycles. The van der Waals surface area contributed by atoms with Crippen LogP contribution in [0, 0.1) is 11.3 Å². The number of nitrogens with two attached hydrogens (primary N) is 1. The molecule has 0 atom stereocenters. The van der Waals surface area contributed by atoms with Crippen molar-refractivity contribution in [3.05, 3.63) is 23.8 Å². The molecule has 0 spiro atoms. The molecule has 1 rings (SSSR count). The first kappa shape index (κ1) is 14.4. The van der Waals surface area contributed by atoms with E-state index in [0.29, 0.717) is 24.9 Å². The van der Waals surface area contributed by atoms with E-state index in [9.17, 15) is 10.1 Å². The topological polar surface area (TPSA) is 78.9 Å². The van der Waals surface area contributed by atoms with Gasteiger partial charge in [0.1, 0.15) is 6.07 Å². The summed E-state index contributed by atoms with van der Waals surface area (Å²) in [6.07, 6.45) is 1.03. The molecule has 1 aromatic rings. The number of primary amides is 1. The Morgan fingerprint density at radius 2 is 2.33 bits per heavy atom. The lowest BCUT2D eigenvalue weighted by Crippen LogP contribution is -2.13. The number of benzene rings is 1. The van der Waals surface area contributed by atoms with Crippen LogP contribution < -0.4 is 11.1 Å². The summed E-state index contributed by atoms with van der Waals surface area (Å²) in [5, 5.41) is 12.4. The summed E-state index contributed by atoms with van der Waals surface area (Å²) in [5.74, 6) is 0.632. The number of amides is 1. The average Bonchev–Trinajstić information content (AvgIpc) is 2.35. The highest BCUT2D eigenvalue weighted by Gasteiger charge is 2.07. The first-order valence-electron chi connectivity index (χ1n) is 5.87. The van der Waals surface area contributed by atoms with Crippen molar-refractivity contribution in [2.24, 2.45) is 5.73 Å². The predicted octanol–water partition coefficient (Wildman–Crippen LogP) is 2.35. The van der Waals surface area contributed by atoms with Gasteiger partial charge in [-0.2, -0.15) is 5.26 Å². The zero-order valence-electron chi connectivity index (χ0n) is 10.4. The second-order valence-corrected chi connectivity index (χ2v) is 5.03. The Morgan fingerprint density at radius 1 is 1.56 bits per heavy atom. The molecule has 1 amide bonds. The Balaban J connectivity index is 2.67. The quantitative estimate of drug-likeness (QED) is 0.584. The summed E-state index contributed by atoms with van der Waals surface area (Å²) in [6.45, 7) is 2.69. The minimum Gasteiger partial charge on any atom is -0.384 e. The van der Waals surface area contributed by atoms with Gasteiger partial charge < -0.3 is 11.1 Å². The molecule has 18 heavy (non-hydrogen) atoms. The lowest BCUT2D eigenvalue weighted by atomic mass is 10.2. The van der Waals surface area contributed by atoms with Gasteiger partial charge in [0, 0.05) is 17.9 Å². The number of carbonyl (C=O) groups is 1. The number of nitrogens with zero attached hydrogens (tertiary/aromatic N) is 1. The van der Waals surface area contributed by atoms with E-state index in [-0.39, 0.29) is 5.91 Å². The average molecular weight is 263 g/mol. The van der Waals surface area contributed by atoms with Crippen LogP contribution in [0.5, 0.6) is 0 Å². The first-order chi connectivity index (χ1) is 8.69. The number of carbonyl (C=O) groups excluding carboxylic acids is 1. The fourth-order valence-corrected chi connectivity index (χ4v) is 2.34. The van der Waals surface area contributed by atoms with Gasteiger partial charge in [0.25, 0.3) is 0 Å². The third-order valence-electron chi connectivity index (χ3n) is 2.35. The van der Waals surface area contributed by atoms with Crippen LogP contribution in [0.15, 0.2) is 23.1 Å². The van der Waals surface area contributed by atoms with Gasteiger partial charge >= 0.3 is 0 Å². The van der Waals surface area contributed by atoms with Crippen molar-refractivity contribution in [3.63, 3.8) is 0 Å². The normalized spacial score (nSPS) is 9.78. The highest BCUT2D eigenvalue weighted by atomic mass is 32.2. The van der Waals surface area contributed by atoms with Crippen LogP contribution in [-0.4, -0.2) is 18.2 Å². The predicted molar refractivity (Wildman–Crippen MR) is 74.5 cm³/mol. The summed E-state index contributed by atoms with van der Waals surface area (Å²) in [5.41, 5.74) is 6.56. The highest BCUT2D eigenvalue weighted by molar-refractivity contribution is 7.99. The third kappa shape index (κ3) is 4.30. The first-order valence-corrected chi connectivity index (χ1v) is 6.85. The SMILES string of the molecule is CCSc1cccc(NCCCC(N)=O)c1C#N. The number of nitriles is 1. The monoisotopic (exact) mass is 263 g/mol. The van der Waals surface area contributed by atoms with E-state index in [0.717, 1.165) is 16.3 Å². The van der Waals surface area contributed by atoms with E-state index in [1.54, 1.807) is 11.8 Å². The van der Waals surface area contributed by atoms with E-state index in [4.69, 9.17) is 5.73 Å². The summed E-state index contributed by atoms with van der Waals surface area (Å²) in [6, 6.07) is 7.97. The van der Waals surface area contributed by atoms with Crippen LogP contribution >= 0.6 is 11.8 Å². The summed E-state index contributed by atoms with van der Waals surface area (Å²) < 4.78 is 0. The lowest BCUT2D eigenvalue weighted by molar-refractivity contribution is -0.118. The Kier molecular flexibility index (Phi) is 6.09. The van der Waals surface area contributed by atoms with Crippen LogP contribution in [0.1, 0.15) is 25.3 Å². The molecule has 0 bridgehead atoms. The maximum absolute atomic E-state index is 10.6. The number of nitrogens with one attached hydrogen (secondary N) is 1. The molecule has 0 saturated heterocycles. The fourth-order valence-electron chi connectivity index (χ4n) is 1.56. The second kappa shape index (κ2) is 7.62. The van der Waals surface area contributed by atoms with E-state index in [1.165, 1.54) is 0 Å². The molecule has 4 nitrogen and oxygen atoms in total. The fraction of sp³-hybridized carbons (Fsp3) is 0.385. The van der Waals surface area contributed by atoms with Gasteiger partial charge in [-0.15, -0.1) is 11.8 Å². The van der Waals surface area contributed by atoms with Crippen molar-refractivity contribution in [1.82, 2.24) is 0 Å². The zero-order chi connectivity index (χ0) is 13.4. The Bertz CT molecular complexity index is 454. The van der Waals surface area contributed by atoms with Gasteiger partial charge in [-0.25, -0.2) is 0 Å². The van der Waals surface area contributed by atoms with Crippen LogP contribution in [-0.2, 0) is 4.79 Å². The largest absolute Gasteiger partial charge is 0.384 e. The Morgan fingerprint density at radius 3 is 2.94 bits per heavy atom. The molecular formula is C13H17N3OS. The smallest absolute Gasteiger partial charge is 0.217 e. The lowest BCUT2D eigenvalue weighted by Gasteiger charge is -2.10. The summed E-state index contributed by atoms with van der Waals surface area (Å²) in [7, 11) is 0. The molecule has 0 radical (unpaired) electrons. The molecule has 5 heteroatoms. The van der Waals surface area contributed by atoms with Gasteiger partial charge in [-0.05, 0) is 24.3 Å². The molecule has 0 saturated carbocycles. The molecular weight excluding hydrogens is 246 g/mol. The van der Waals surface area contributed by atoms with Gasteiger partial charge in [-0.1, -0.05) is 13.0 Å². The van der Waals surface area contributed by atoms with Crippen molar-refractivity contribution in [2.45, 2.75) is 24.7 Å². The van der Waals surface area contributed by atoms with Crippen LogP contribution in [0.2, 0.25) is 0 Å². The van der Waals surface area contributed by atoms with Crippen molar-refractivity contribution < 1.29 is 4.79 Å². The Labute approximate surface area is 112 Å². The summed E-state index contributed by atoms with van der Waals surface area (Å²) in [4.78, 5) is 11.6. The highest BCUT2D eigenvalue weighted by Crippen LogP contribution is 2.27. The van der Waals surface area contributed by atoms with Crippen LogP contribution in [0.3, 0.4) is 0 Å². The van der Waals surface area contributed by atoms with Crippen molar-refractivity contribution >= 4 is 23.4 Å². The van der Waals surface area contributed by atoms with E-state index >= 15 is 0 Å². The number of thioether (sulfide) groups is 1. The standard InChI is InChI=1S/C13H17N3OS/c1-2-18-12-6-3-5-11(10(12)9-14)16-8-4-7-13(15)17/h3,5-6,16H,2,4,7-8H2,1H3,(H2,15,17). The zero-order valence-corrected chi connectivity index (χ0v) is 11.2. The van der Waals surface area contributed by atoms with Gasteiger partial charge in [0.15, 0.2) is 0 Å². The molecule has 3 N–H and O–H groups in total. The maximum Gasteiger partial charge on any atom is 0.217 e. The maximum atomic E-state index is 10.6.